The van der Waals surface area contributed by atoms with Crippen molar-refractivity contribution < 1.29 is 0 Å². The Kier molecular flexibility index (Phi) is 19.3. The van der Waals surface area contributed by atoms with Crippen LogP contribution in [0.3, 0.4) is 0 Å². The second-order valence-electron chi connectivity index (χ2n) is 16.8. The first-order valence-corrected chi connectivity index (χ1v) is 21.9. The molecule has 0 radical (unpaired) electrons. The van der Waals surface area contributed by atoms with Gasteiger partial charge in [-0.05, 0) is 77.6 Å². The van der Waals surface area contributed by atoms with E-state index in [1.165, 1.54) is 163 Å². The Labute approximate surface area is 325 Å². The maximum absolute atomic E-state index is 5.13. The Hall–Kier alpha value is -3.39. The molecule has 2 heteroatoms. The summed E-state index contributed by atoms with van der Waals surface area (Å²) in [6, 6.07) is 29.6. The summed E-state index contributed by atoms with van der Waals surface area (Å²) < 4.78 is 2.12. The third-order valence-corrected chi connectivity index (χ3v) is 11.0. The van der Waals surface area contributed by atoms with Gasteiger partial charge in [0.15, 0.2) is 0 Å². The third kappa shape index (κ3) is 15.9. The molecule has 1 heterocycles. The van der Waals surface area contributed by atoms with Gasteiger partial charge >= 0.3 is 0 Å². The zero-order valence-electron chi connectivity index (χ0n) is 34.6. The number of rotatable bonds is 26. The monoisotopic (exact) mass is 715 g/mol. The van der Waals surface area contributed by atoms with Crippen molar-refractivity contribution >= 4 is 12.2 Å². The van der Waals surface area contributed by atoms with Gasteiger partial charge in [0.2, 0.25) is 0 Å². The van der Waals surface area contributed by atoms with E-state index in [9.17, 15) is 0 Å². The Balaban J connectivity index is 1.33. The summed E-state index contributed by atoms with van der Waals surface area (Å²) in [4.78, 5) is 0. The van der Waals surface area contributed by atoms with Crippen molar-refractivity contribution in [2.45, 2.75) is 181 Å². The first-order valence-electron chi connectivity index (χ1n) is 21.9. The number of nitrogens with zero attached hydrogens (tertiary/aromatic N) is 2. The number of aromatic nitrogens is 2. The molecule has 0 amide bonds. The van der Waals surface area contributed by atoms with Crippen molar-refractivity contribution in [3.63, 3.8) is 0 Å². The highest BCUT2D eigenvalue weighted by molar-refractivity contribution is 5.72. The van der Waals surface area contributed by atoms with E-state index < -0.39 is 0 Å². The fourth-order valence-electron chi connectivity index (χ4n) is 7.44. The second-order valence-corrected chi connectivity index (χ2v) is 16.8. The minimum Gasteiger partial charge on any atom is -0.233 e. The van der Waals surface area contributed by atoms with Gasteiger partial charge in [0.05, 0.1) is 17.1 Å². The van der Waals surface area contributed by atoms with Crippen molar-refractivity contribution in [1.82, 2.24) is 9.78 Å². The van der Waals surface area contributed by atoms with Crippen molar-refractivity contribution in [1.29, 1.82) is 0 Å². The van der Waals surface area contributed by atoms with Gasteiger partial charge < -0.3 is 0 Å². The van der Waals surface area contributed by atoms with Crippen LogP contribution in [0.1, 0.15) is 191 Å². The largest absolute Gasteiger partial charge is 0.233 e. The Morgan fingerprint density at radius 1 is 0.491 bits per heavy atom. The summed E-state index contributed by atoms with van der Waals surface area (Å²) in [5, 5.41) is 5.13. The van der Waals surface area contributed by atoms with Crippen molar-refractivity contribution in [3.05, 3.63) is 107 Å². The summed E-state index contributed by atoms with van der Waals surface area (Å²) in [6.07, 6.45) is 34.4. The Morgan fingerprint density at radius 3 is 1.38 bits per heavy atom. The molecule has 0 N–H and O–H groups in total. The van der Waals surface area contributed by atoms with E-state index in [1.54, 1.807) is 0 Å². The second kappa shape index (κ2) is 24.1. The van der Waals surface area contributed by atoms with Gasteiger partial charge in [0.25, 0.3) is 0 Å². The number of hydrogen-bond donors (Lipinski definition) is 0. The van der Waals surface area contributed by atoms with Gasteiger partial charge in [-0.3, -0.25) is 0 Å². The van der Waals surface area contributed by atoms with Crippen LogP contribution in [-0.4, -0.2) is 9.78 Å². The molecule has 0 spiro atoms. The predicted molar refractivity (Wildman–Crippen MR) is 234 cm³/mol. The lowest BCUT2D eigenvalue weighted by Gasteiger charge is -2.19. The van der Waals surface area contributed by atoms with Crippen LogP contribution in [0, 0.1) is 0 Å². The lowest BCUT2D eigenvalue weighted by Crippen LogP contribution is -2.11. The summed E-state index contributed by atoms with van der Waals surface area (Å²) in [5.74, 6) is 0. The van der Waals surface area contributed by atoms with E-state index in [0.29, 0.717) is 0 Å². The highest BCUT2D eigenvalue weighted by Crippen LogP contribution is 2.28. The van der Waals surface area contributed by atoms with Gasteiger partial charge in [-0.1, -0.05) is 217 Å². The highest BCUT2D eigenvalue weighted by Gasteiger charge is 2.15. The summed E-state index contributed by atoms with van der Waals surface area (Å²) in [7, 11) is 0. The smallest absolute Gasteiger partial charge is 0.0862 e. The normalized spacial score (nSPS) is 11.9. The van der Waals surface area contributed by atoms with Crippen molar-refractivity contribution in [2.75, 3.05) is 0 Å². The fourth-order valence-corrected chi connectivity index (χ4v) is 7.44. The van der Waals surface area contributed by atoms with E-state index in [0.717, 1.165) is 23.5 Å². The molecule has 4 aromatic rings. The maximum atomic E-state index is 5.13. The molecule has 0 atom stereocenters. The molecule has 0 fully saturated rings. The van der Waals surface area contributed by atoms with Gasteiger partial charge in [-0.25, -0.2) is 4.68 Å². The van der Waals surface area contributed by atoms with E-state index in [2.05, 4.69) is 130 Å². The molecule has 4 rings (SSSR count). The maximum Gasteiger partial charge on any atom is 0.0862 e. The molecule has 0 bridgehead atoms. The molecule has 0 aliphatic carbocycles. The Bertz CT molecular complexity index is 1550. The molecule has 288 valence electrons. The molecule has 0 unspecified atom stereocenters. The topological polar surface area (TPSA) is 17.8 Å². The van der Waals surface area contributed by atoms with Crippen LogP contribution in [0.2, 0.25) is 0 Å². The van der Waals surface area contributed by atoms with Gasteiger partial charge in [0.1, 0.15) is 0 Å². The highest BCUT2D eigenvalue weighted by atomic mass is 15.3. The molecule has 0 saturated carbocycles. The van der Waals surface area contributed by atoms with Gasteiger partial charge in [-0.15, -0.1) is 0 Å². The molecular weight excluding hydrogens is 641 g/mol. The first kappa shape index (κ1) is 42.4. The first-order chi connectivity index (χ1) is 25.9. The molecule has 1 aromatic heterocycles. The van der Waals surface area contributed by atoms with Crippen LogP contribution in [0.15, 0.2) is 78.9 Å². The molecule has 0 aliphatic rings. The van der Waals surface area contributed by atoms with Crippen molar-refractivity contribution in [3.8, 4) is 16.9 Å². The van der Waals surface area contributed by atoms with E-state index in [1.807, 2.05) is 0 Å². The molecular formula is C51H74N2. The van der Waals surface area contributed by atoms with Crippen LogP contribution in [0.25, 0.3) is 29.1 Å². The minimum atomic E-state index is 0.117. The predicted octanol–water partition coefficient (Wildman–Crippen LogP) is 15.9. The van der Waals surface area contributed by atoms with Crippen molar-refractivity contribution in [2.24, 2.45) is 0 Å². The lowest BCUT2D eigenvalue weighted by molar-refractivity contribution is 0.556. The summed E-state index contributed by atoms with van der Waals surface area (Å²) in [6.45, 7) is 11.4. The zero-order chi connectivity index (χ0) is 37.6. The Morgan fingerprint density at radius 2 is 0.925 bits per heavy atom. The van der Waals surface area contributed by atoms with Gasteiger partial charge in [0, 0.05) is 5.56 Å². The SMILES string of the molecule is CCCCCCCCCCCCc1ccc(C=Cc2cc(-c3ccc(CCCCCCCCCCCC)cc3)n(-c3ccc(C(C)(C)C)cc3)n2)cc1. The quantitative estimate of drug-likeness (QED) is 0.0592. The van der Waals surface area contributed by atoms with Crippen LogP contribution >= 0.6 is 0 Å². The van der Waals surface area contributed by atoms with E-state index in [-0.39, 0.29) is 5.41 Å². The molecule has 53 heavy (non-hydrogen) atoms. The standard InChI is InChI=1S/C51H74N2/c1-6-8-10-12-14-16-18-20-22-24-26-43-28-30-45(31-29-43)34-39-48-42-50(53(52-48)49-40-37-47(38-41-49)51(3,4)5)46-35-32-44(33-36-46)27-25-23-21-19-17-15-13-11-9-7-2/h28-42H,6-27H2,1-5H3. The number of hydrogen-bond acceptors (Lipinski definition) is 1. The van der Waals surface area contributed by atoms with E-state index in [4.69, 9.17) is 5.10 Å². The molecule has 0 aliphatic heterocycles. The van der Waals surface area contributed by atoms with Gasteiger partial charge in [-0.2, -0.15) is 5.10 Å². The van der Waals surface area contributed by atoms with E-state index >= 15 is 0 Å². The van der Waals surface area contributed by atoms with Crippen LogP contribution in [-0.2, 0) is 18.3 Å². The zero-order valence-corrected chi connectivity index (χ0v) is 34.6. The lowest BCUT2D eigenvalue weighted by atomic mass is 9.87. The molecule has 3 aromatic carbocycles. The average molecular weight is 715 g/mol. The molecule has 2 nitrogen and oxygen atoms in total. The average Bonchev–Trinajstić information content (AvgIpc) is 3.60. The van der Waals surface area contributed by atoms with Crippen LogP contribution in [0.5, 0.6) is 0 Å². The number of aryl methyl sites for hydroxylation is 2. The summed E-state index contributed by atoms with van der Waals surface area (Å²) in [5.41, 5.74) is 9.97. The fraction of sp³-hybridized carbons (Fsp3) is 0.549. The molecule has 0 saturated heterocycles. The number of benzene rings is 3. The third-order valence-electron chi connectivity index (χ3n) is 11.0. The minimum absolute atomic E-state index is 0.117. The van der Waals surface area contributed by atoms with Crippen LogP contribution < -0.4 is 0 Å². The van der Waals surface area contributed by atoms with Crippen LogP contribution in [0.4, 0.5) is 0 Å². The number of unbranched alkanes of at least 4 members (excludes halogenated alkanes) is 18. The summed E-state index contributed by atoms with van der Waals surface area (Å²) >= 11 is 0.